The first-order chi connectivity index (χ1) is 7.59. The summed E-state index contributed by atoms with van der Waals surface area (Å²) in [5, 5.41) is -0.152. The molecule has 82 valence electrons. The molecule has 0 fully saturated rings. The Morgan fingerprint density at radius 1 is 0.812 bits per heavy atom. The highest BCUT2D eigenvalue weighted by atomic mass is 31.2. The lowest BCUT2D eigenvalue weighted by atomic mass is 10.1. The molecule has 0 spiro atoms. The highest BCUT2D eigenvalue weighted by Crippen LogP contribution is 2.29. The van der Waals surface area contributed by atoms with Gasteiger partial charge in [-0.05, 0) is 24.0 Å². The first kappa shape index (κ1) is 11.1. The largest absolute Gasteiger partial charge is 0.807 e. The van der Waals surface area contributed by atoms with Gasteiger partial charge < -0.3 is 14.4 Å². The maximum absolute atomic E-state index is 11.1. The molecule has 0 aliphatic heterocycles. The molecule has 16 heavy (non-hydrogen) atoms. The van der Waals surface area contributed by atoms with Crippen molar-refractivity contribution in [2.45, 2.75) is 0 Å². The van der Waals surface area contributed by atoms with E-state index in [4.69, 9.17) is 0 Å². The summed E-state index contributed by atoms with van der Waals surface area (Å²) in [6.07, 6.45) is 0. The summed E-state index contributed by atoms with van der Waals surface area (Å²) < 4.78 is 11.1. The van der Waals surface area contributed by atoms with Crippen LogP contribution in [-0.2, 0) is 4.57 Å². The summed E-state index contributed by atoms with van der Waals surface area (Å²) >= 11 is 0. The van der Waals surface area contributed by atoms with Crippen molar-refractivity contribution in [3.63, 3.8) is 0 Å². The van der Waals surface area contributed by atoms with Crippen molar-refractivity contribution in [3.8, 4) is 11.1 Å². The van der Waals surface area contributed by atoms with E-state index in [-0.39, 0.29) is 5.30 Å². The van der Waals surface area contributed by atoms with Crippen LogP contribution in [0.15, 0.2) is 54.6 Å². The lowest BCUT2D eigenvalue weighted by molar-refractivity contribution is -0.307. The van der Waals surface area contributed by atoms with Crippen molar-refractivity contribution in [3.05, 3.63) is 54.6 Å². The molecule has 2 aromatic carbocycles. The molecule has 4 heteroatoms. The predicted molar refractivity (Wildman–Crippen MR) is 59.1 cm³/mol. The van der Waals surface area contributed by atoms with Crippen LogP contribution in [0.5, 0.6) is 0 Å². The fourth-order valence-electron chi connectivity index (χ4n) is 1.57. The smallest absolute Gasteiger partial charge is 0.00785 e. The molecule has 0 aliphatic rings. The van der Waals surface area contributed by atoms with E-state index >= 15 is 0 Å². The van der Waals surface area contributed by atoms with Crippen molar-refractivity contribution in [1.29, 1.82) is 0 Å². The highest BCUT2D eigenvalue weighted by molar-refractivity contribution is 7.57. The van der Waals surface area contributed by atoms with Gasteiger partial charge in [-0.25, -0.2) is 0 Å². The van der Waals surface area contributed by atoms with Crippen LogP contribution < -0.4 is 15.1 Å². The van der Waals surface area contributed by atoms with Crippen molar-refractivity contribution in [1.82, 2.24) is 0 Å². The number of rotatable bonds is 2. The van der Waals surface area contributed by atoms with Gasteiger partial charge in [0.05, 0.1) is 0 Å². The average molecular weight is 232 g/mol. The topological polar surface area (TPSA) is 63.2 Å². The average Bonchev–Trinajstić information content (AvgIpc) is 2.29. The van der Waals surface area contributed by atoms with Gasteiger partial charge in [-0.1, -0.05) is 54.6 Å². The third-order valence-electron chi connectivity index (χ3n) is 2.28. The van der Waals surface area contributed by atoms with E-state index < -0.39 is 7.60 Å². The number of benzene rings is 2. The number of hydrogen-bond donors (Lipinski definition) is 0. The maximum Gasteiger partial charge on any atom is -0.00785 e. The van der Waals surface area contributed by atoms with Gasteiger partial charge in [0.2, 0.25) is 0 Å². The molecule has 0 unspecified atom stereocenters. The van der Waals surface area contributed by atoms with Crippen LogP contribution in [0.25, 0.3) is 11.1 Å². The molecule has 0 aliphatic carbocycles. The first-order valence-corrected chi connectivity index (χ1v) is 6.30. The quantitative estimate of drug-likeness (QED) is 0.722. The van der Waals surface area contributed by atoms with E-state index in [1.165, 1.54) is 6.07 Å². The third-order valence-corrected chi connectivity index (χ3v) is 3.26. The monoisotopic (exact) mass is 232 g/mol. The summed E-state index contributed by atoms with van der Waals surface area (Å²) in [5.41, 5.74) is 1.18. The van der Waals surface area contributed by atoms with E-state index in [0.29, 0.717) is 5.56 Å². The molecule has 0 saturated heterocycles. The lowest BCUT2D eigenvalue weighted by Crippen LogP contribution is -2.26. The van der Waals surface area contributed by atoms with Gasteiger partial charge in [-0.2, -0.15) is 0 Å². The van der Waals surface area contributed by atoms with Crippen LogP contribution in [-0.4, -0.2) is 0 Å². The number of hydrogen-bond acceptors (Lipinski definition) is 3. The Labute approximate surface area is 93.5 Å². The third kappa shape index (κ3) is 2.22. The van der Waals surface area contributed by atoms with Gasteiger partial charge >= 0.3 is 0 Å². The zero-order valence-corrected chi connectivity index (χ0v) is 9.26. The second kappa shape index (κ2) is 4.22. The van der Waals surface area contributed by atoms with E-state index in [0.717, 1.165) is 5.56 Å². The van der Waals surface area contributed by atoms with Crippen molar-refractivity contribution >= 4 is 12.9 Å². The van der Waals surface area contributed by atoms with Gasteiger partial charge in [0.1, 0.15) is 0 Å². The van der Waals surface area contributed by atoms with Gasteiger partial charge in [0, 0.05) is 0 Å². The van der Waals surface area contributed by atoms with Crippen molar-refractivity contribution < 1.29 is 14.4 Å². The predicted octanol–water partition coefficient (Wildman–Crippen LogP) is 0.893. The molecule has 0 aromatic heterocycles. The standard InChI is InChI=1S/C12H11O3P/c13-16(14,15)12-9-5-4-8-11(12)10-6-2-1-3-7-10/h1-9H,(H2,13,14,15)/p-2. The van der Waals surface area contributed by atoms with Crippen LogP contribution in [0.4, 0.5) is 0 Å². The second-order valence-electron chi connectivity index (χ2n) is 3.38. The zero-order valence-electron chi connectivity index (χ0n) is 8.37. The van der Waals surface area contributed by atoms with Crippen LogP contribution >= 0.6 is 7.60 Å². The lowest BCUT2D eigenvalue weighted by Gasteiger charge is -2.31. The van der Waals surface area contributed by atoms with E-state index in [9.17, 15) is 14.4 Å². The minimum absolute atomic E-state index is 0.152. The van der Waals surface area contributed by atoms with Crippen molar-refractivity contribution in [2.75, 3.05) is 0 Å². The molecular weight excluding hydrogens is 223 g/mol. The Morgan fingerprint density at radius 3 is 2.00 bits per heavy atom. The normalized spacial score (nSPS) is 11.4. The van der Waals surface area contributed by atoms with E-state index in [2.05, 4.69) is 0 Å². The Kier molecular flexibility index (Phi) is 2.92. The molecular formula is C12H9O3P-2. The van der Waals surface area contributed by atoms with Crippen LogP contribution in [0, 0.1) is 0 Å². The molecule has 2 rings (SSSR count). The highest BCUT2D eigenvalue weighted by Gasteiger charge is 2.06. The zero-order chi connectivity index (χ0) is 11.6. The molecule has 3 nitrogen and oxygen atoms in total. The van der Waals surface area contributed by atoms with Crippen LogP contribution in [0.3, 0.4) is 0 Å². The Bertz CT molecular complexity index is 531. The minimum atomic E-state index is -4.72. The molecule has 0 saturated carbocycles. The van der Waals surface area contributed by atoms with Crippen LogP contribution in [0.2, 0.25) is 0 Å². The molecule has 0 radical (unpaired) electrons. The van der Waals surface area contributed by atoms with E-state index in [1.807, 2.05) is 6.07 Å². The molecule has 0 heterocycles. The fraction of sp³-hybridized carbons (Fsp3) is 0. The maximum atomic E-state index is 11.1. The second-order valence-corrected chi connectivity index (χ2v) is 4.86. The summed E-state index contributed by atoms with van der Waals surface area (Å²) in [4.78, 5) is 22.2. The molecule has 0 atom stereocenters. The summed E-state index contributed by atoms with van der Waals surface area (Å²) in [5.74, 6) is 0. The van der Waals surface area contributed by atoms with Crippen LogP contribution in [0.1, 0.15) is 0 Å². The molecule has 0 bridgehead atoms. The minimum Gasteiger partial charge on any atom is -0.807 e. The Balaban J connectivity index is 2.63. The first-order valence-electron chi connectivity index (χ1n) is 4.76. The van der Waals surface area contributed by atoms with Gasteiger partial charge in [0.25, 0.3) is 0 Å². The summed E-state index contributed by atoms with van der Waals surface area (Å²) in [7, 11) is -4.72. The molecule has 2 aromatic rings. The van der Waals surface area contributed by atoms with Gasteiger partial charge in [0.15, 0.2) is 0 Å². The molecule has 0 N–H and O–H groups in total. The summed E-state index contributed by atoms with van der Waals surface area (Å²) in [6.45, 7) is 0. The SMILES string of the molecule is O=P([O-])([O-])c1ccccc1-c1ccccc1. The summed E-state index contributed by atoms with van der Waals surface area (Å²) in [6, 6.07) is 15.2. The van der Waals surface area contributed by atoms with E-state index in [1.54, 1.807) is 42.5 Å². The van der Waals surface area contributed by atoms with Crippen molar-refractivity contribution in [2.24, 2.45) is 0 Å². The molecule has 0 amide bonds. The fourth-order valence-corrected chi connectivity index (χ4v) is 2.34. The van der Waals surface area contributed by atoms with Gasteiger partial charge in [-0.3, -0.25) is 0 Å². The Hall–Kier alpha value is -1.41. The van der Waals surface area contributed by atoms with Gasteiger partial charge in [-0.15, -0.1) is 0 Å². The Morgan fingerprint density at radius 2 is 1.38 bits per heavy atom.